The molecule has 1 aliphatic rings. The number of carbonyl (C=O) groups is 1. The second kappa shape index (κ2) is 9.24. The first-order chi connectivity index (χ1) is 13.1. The van der Waals surface area contributed by atoms with Crippen molar-refractivity contribution in [2.24, 2.45) is 0 Å². The molecule has 1 aromatic carbocycles. The Labute approximate surface area is 165 Å². The molecular weight excluding hydrogens is 358 g/mol. The van der Waals surface area contributed by atoms with E-state index in [1.54, 1.807) is 17.9 Å². The Kier molecular flexibility index (Phi) is 6.74. The number of ether oxygens (including phenoxy) is 1. The van der Waals surface area contributed by atoms with Gasteiger partial charge in [-0.05, 0) is 37.6 Å². The van der Waals surface area contributed by atoms with E-state index in [1.165, 1.54) is 11.5 Å². The van der Waals surface area contributed by atoms with Gasteiger partial charge in [-0.2, -0.15) is 16.9 Å². The Hall–Kier alpha value is -2.05. The van der Waals surface area contributed by atoms with Crippen LogP contribution < -0.4 is 4.74 Å². The second-order valence-electron chi connectivity index (χ2n) is 6.64. The number of allylic oxidation sites excluding steroid dienone is 1. The highest BCUT2D eigenvalue weighted by molar-refractivity contribution is 7.99. The molecule has 0 radical (unpaired) electrons. The van der Waals surface area contributed by atoms with Crippen molar-refractivity contribution in [1.29, 1.82) is 0 Å². The minimum Gasteiger partial charge on any atom is -0.496 e. The van der Waals surface area contributed by atoms with Crippen molar-refractivity contribution in [3.63, 3.8) is 0 Å². The highest BCUT2D eigenvalue weighted by atomic mass is 32.2. The topological polar surface area (TPSA) is 47.4 Å². The third-order valence-electron chi connectivity index (χ3n) is 4.77. The quantitative estimate of drug-likeness (QED) is 0.538. The van der Waals surface area contributed by atoms with Crippen molar-refractivity contribution in [1.82, 2.24) is 14.7 Å². The van der Waals surface area contributed by atoms with Crippen LogP contribution in [0.15, 0.2) is 30.5 Å². The van der Waals surface area contributed by atoms with Gasteiger partial charge in [0.1, 0.15) is 5.75 Å². The largest absolute Gasteiger partial charge is 0.496 e. The first-order valence-electron chi connectivity index (χ1n) is 9.34. The van der Waals surface area contributed by atoms with Gasteiger partial charge in [0, 0.05) is 49.4 Å². The third-order valence-corrected chi connectivity index (χ3v) is 5.71. The number of ketones is 1. The molecular formula is C21H27N3O2S. The minimum absolute atomic E-state index is 0.0161. The summed E-state index contributed by atoms with van der Waals surface area (Å²) in [4.78, 5) is 15.0. The number of carbonyl (C=O) groups excluding carboxylic acids is 1. The average Bonchev–Trinajstić information content (AvgIpc) is 3.08. The van der Waals surface area contributed by atoms with Gasteiger partial charge in [-0.15, -0.1) is 0 Å². The van der Waals surface area contributed by atoms with Gasteiger partial charge in [0.2, 0.25) is 0 Å². The summed E-state index contributed by atoms with van der Waals surface area (Å²) in [5.41, 5.74) is 3.59. The Bertz CT molecular complexity index is 823. The summed E-state index contributed by atoms with van der Waals surface area (Å²) in [5, 5.41) is 4.35. The van der Waals surface area contributed by atoms with E-state index in [1.807, 2.05) is 50.0 Å². The number of aryl methyl sites for hydroxylation is 2. The van der Waals surface area contributed by atoms with E-state index < -0.39 is 0 Å². The normalized spacial score (nSPS) is 15.4. The molecule has 6 heteroatoms. The van der Waals surface area contributed by atoms with Crippen LogP contribution >= 0.6 is 11.8 Å². The van der Waals surface area contributed by atoms with Gasteiger partial charge >= 0.3 is 0 Å². The van der Waals surface area contributed by atoms with Gasteiger partial charge in [-0.3, -0.25) is 14.4 Å². The molecule has 0 N–H and O–H groups in total. The lowest BCUT2D eigenvalue weighted by Crippen LogP contribution is -2.32. The highest BCUT2D eigenvalue weighted by Gasteiger charge is 2.14. The molecule has 0 amide bonds. The third kappa shape index (κ3) is 5.02. The summed E-state index contributed by atoms with van der Waals surface area (Å²) in [7, 11) is 1.71. The second-order valence-corrected chi connectivity index (χ2v) is 7.87. The predicted octanol–water partition coefficient (Wildman–Crippen LogP) is 3.66. The molecule has 2 aromatic rings. The molecule has 1 aromatic heterocycles. The zero-order valence-corrected chi connectivity index (χ0v) is 17.1. The molecule has 0 unspecified atom stereocenters. The maximum absolute atomic E-state index is 12.5. The van der Waals surface area contributed by atoms with Gasteiger partial charge < -0.3 is 4.74 Å². The van der Waals surface area contributed by atoms with E-state index in [0.29, 0.717) is 5.56 Å². The lowest BCUT2D eigenvalue weighted by atomic mass is 10.1. The Morgan fingerprint density at radius 2 is 2.11 bits per heavy atom. The molecule has 0 spiro atoms. The fourth-order valence-corrected chi connectivity index (χ4v) is 4.19. The molecule has 1 saturated heterocycles. The molecule has 0 saturated carbocycles. The van der Waals surface area contributed by atoms with E-state index in [-0.39, 0.29) is 5.78 Å². The van der Waals surface area contributed by atoms with Crippen LogP contribution in [-0.2, 0) is 13.1 Å². The molecule has 0 bridgehead atoms. The van der Waals surface area contributed by atoms with Crippen molar-refractivity contribution in [3.05, 3.63) is 52.9 Å². The molecule has 0 atom stereocenters. The van der Waals surface area contributed by atoms with E-state index in [9.17, 15) is 4.79 Å². The Balaban J connectivity index is 1.75. The number of rotatable bonds is 7. The van der Waals surface area contributed by atoms with Gasteiger partial charge in [-0.1, -0.05) is 12.1 Å². The minimum atomic E-state index is -0.0161. The predicted molar refractivity (Wildman–Crippen MR) is 112 cm³/mol. The van der Waals surface area contributed by atoms with Crippen LogP contribution in [0.3, 0.4) is 0 Å². The van der Waals surface area contributed by atoms with E-state index in [4.69, 9.17) is 4.74 Å². The fraction of sp³-hybridized carbons (Fsp3) is 0.429. The Morgan fingerprint density at radius 3 is 2.78 bits per heavy atom. The van der Waals surface area contributed by atoms with Crippen LogP contribution in [0.25, 0.3) is 6.08 Å². The molecule has 144 valence electrons. The average molecular weight is 386 g/mol. The van der Waals surface area contributed by atoms with Gasteiger partial charge in [0.25, 0.3) is 0 Å². The first-order valence-corrected chi connectivity index (χ1v) is 10.5. The molecule has 5 nitrogen and oxygen atoms in total. The summed E-state index contributed by atoms with van der Waals surface area (Å²) >= 11 is 2.01. The molecule has 27 heavy (non-hydrogen) atoms. The number of methoxy groups -OCH3 is 1. The standard InChI is InChI=1S/C21H27N3O2S/c1-4-24-15-19(16(2)22-24)20(25)7-5-17-6-8-21(26-3)18(13-17)14-23-9-11-27-12-10-23/h5-8,13,15H,4,9-12,14H2,1-3H3/b7-5+. The fourth-order valence-electron chi connectivity index (χ4n) is 3.21. The number of aromatic nitrogens is 2. The van der Waals surface area contributed by atoms with Crippen molar-refractivity contribution in [2.45, 2.75) is 26.9 Å². The van der Waals surface area contributed by atoms with Crippen LogP contribution in [0.1, 0.15) is 34.1 Å². The molecule has 1 fully saturated rings. The summed E-state index contributed by atoms with van der Waals surface area (Å²) in [6.45, 7) is 7.72. The van der Waals surface area contributed by atoms with Gasteiger partial charge in [-0.25, -0.2) is 0 Å². The summed E-state index contributed by atoms with van der Waals surface area (Å²) in [6.07, 6.45) is 5.32. The smallest absolute Gasteiger partial charge is 0.189 e. The SMILES string of the molecule is CCn1cc(C(=O)/C=C/c2ccc(OC)c(CN3CCSCC3)c2)c(C)n1. The van der Waals surface area contributed by atoms with Crippen molar-refractivity contribution in [2.75, 3.05) is 31.7 Å². The number of thioether (sulfide) groups is 1. The molecule has 2 heterocycles. The molecule has 0 aliphatic carbocycles. The van der Waals surface area contributed by atoms with E-state index >= 15 is 0 Å². The maximum Gasteiger partial charge on any atom is 0.189 e. The zero-order valence-electron chi connectivity index (χ0n) is 16.3. The molecule has 1 aliphatic heterocycles. The highest BCUT2D eigenvalue weighted by Crippen LogP contribution is 2.24. The summed E-state index contributed by atoms with van der Waals surface area (Å²) in [5.74, 6) is 3.25. The molecule has 3 rings (SSSR count). The van der Waals surface area contributed by atoms with Crippen LogP contribution in [-0.4, -0.2) is 52.2 Å². The maximum atomic E-state index is 12.5. The number of hydrogen-bond acceptors (Lipinski definition) is 5. The van der Waals surface area contributed by atoms with Crippen LogP contribution in [0.4, 0.5) is 0 Å². The first kappa shape index (κ1) is 19.7. The number of nitrogens with zero attached hydrogens (tertiary/aromatic N) is 3. The van der Waals surface area contributed by atoms with Crippen molar-refractivity contribution < 1.29 is 9.53 Å². The zero-order chi connectivity index (χ0) is 19.2. The van der Waals surface area contributed by atoms with Gasteiger partial charge in [0.15, 0.2) is 5.78 Å². The number of benzene rings is 1. The monoisotopic (exact) mass is 385 g/mol. The van der Waals surface area contributed by atoms with Crippen molar-refractivity contribution in [3.8, 4) is 5.75 Å². The summed E-state index contributed by atoms with van der Waals surface area (Å²) < 4.78 is 7.32. The number of hydrogen-bond donors (Lipinski definition) is 0. The van der Waals surface area contributed by atoms with E-state index in [2.05, 4.69) is 16.1 Å². The van der Waals surface area contributed by atoms with Crippen LogP contribution in [0.2, 0.25) is 0 Å². The summed E-state index contributed by atoms with van der Waals surface area (Å²) in [6, 6.07) is 6.09. The van der Waals surface area contributed by atoms with Crippen LogP contribution in [0, 0.1) is 6.92 Å². The van der Waals surface area contributed by atoms with Crippen LogP contribution in [0.5, 0.6) is 5.75 Å². The van der Waals surface area contributed by atoms with Crippen molar-refractivity contribution >= 4 is 23.6 Å². The lowest BCUT2D eigenvalue weighted by Gasteiger charge is -2.26. The van der Waals surface area contributed by atoms with E-state index in [0.717, 1.165) is 48.7 Å². The lowest BCUT2D eigenvalue weighted by molar-refractivity contribution is 0.104. The Morgan fingerprint density at radius 1 is 1.33 bits per heavy atom. The van der Waals surface area contributed by atoms with Gasteiger partial charge in [0.05, 0.1) is 18.4 Å².